The Morgan fingerprint density at radius 2 is 1.29 bits per heavy atom. The van der Waals surface area contributed by atoms with E-state index in [2.05, 4.69) is 23.9 Å². The molecular formula is C23H40N6O12S. The molecule has 0 aliphatic rings. The van der Waals surface area contributed by atoms with Gasteiger partial charge in [0.05, 0.1) is 53.7 Å². The SMILES string of the molecule is CC(=O)OCC(C)O.COCN(OC)c1nc(N(OC)OC)nc(N(OC)OC)n1.COS(=O)(=O)c1ccc(C)cc1. The molecule has 0 amide bonds. The first-order valence-corrected chi connectivity index (χ1v) is 13.3. The van der Waals surface area contributed by atoms with Crippen LogP contribution < -0.4 is 15.5 Å². The van der Waals surface area contributed by atoms with Crippen molar-refractivity contribution in [2.24, 2.45) is 0 Å². The number of anilines is 3. The molecule has 1 N–H and O–H groups in total. The number of aliphatic hydroxyl groups is 1. The predicted octanol–water partition coefficient (Wildman–Crippen LogP) is 0.962. The van der Waals surface area contributed by atoms with E-state index < -0.39 is 16.2 Å². The molecule has 240 valence electrons. The third kappa shape index (κ3) is 14.1. The standard InChI is InChI=1S/C10H20N6O6.C8H10O3S.C5H10O3/c1-17-7-14(18-2)8-11-9(15(19-3)20-4)13-10(12-8)16(21-5)22-6;1-7-3-5-8(6-4-7)12(9,10)11-2;1-4(6)3-8-5(2)7/h7H2,1-6H3;3-6H,1-2H3;4,6H,3H2,1-2H3. The Hall–Kier alpha value is -3.27. The first kappa shape index (κ1) is 38.7. The van der Waals surface area contributed by atoms with Crippen LogP contribution in [0.15, 0.2) is 29.2 Å². The number of carbonyl (C=O) groups excluding carboxylic acids is 1. The average molecular weight is 625 g/mol. The van der Waals surface area contributed by atoms with Crippen molar-refractivity contribution >= 4 is 33.9 Å². The van der Waals surface area contributed by atoms with E-state index in [9.17, 15) is 13.2 Å². The molecular weight excluding hydrogens is 584 g/mol. The molecule has 1 unspecified atom stereocenters. The van der Waals surface area contributed by atoms with Crippen molar-refractivity contribution in [3.8, 4) is 0 Å². The first-order valence-electron chi connectivity index (χ1n) is 11.9. The van der Waals surface area contributed by atoms with Crippen molar-refractivity contribution in [1.29, 1.82) is 0 Å². The Morgan fingerprint density at radius 1 is 0.833 bits per heavy atom. The van der Waals surface area contributed by atoms with Gasteiger partial charge in [0.15, 0.2) is 0 Å². The topological polar surface area (TPSA) is 194 Å². The summed E-state index contributed by atoms with van der Waals surface area (Å²) < 4.78 is 35.9. The van der Waals surface area contributed by atoms with Gasteiger partial charge in [0.2, 0.25) is 0 Å². The lowest BCUT2D eigenvalue weighted by Crippen LogP contribution is -2.31. The summed E-state index contributed by atoms with van der Waals surface area (Å²) in [4.78, 5) is 47.7. The van der Waals surface area contributed by atoms with E-state index in [0.29, 0.717) is 0 Å². The second-order valence-electron chi connectivity index (χ2n) is 7.54. The van der Waals surface area contributed by atoms with Gasteiger partial charge in [-0.2, -0.15) is 28.4 Å². The quantitative estimate of drug-likeness (QED) is 0.135. The van der Waals surface area contributed by atoms with Gasteiger partial charge in [-0.3, -0.25) is 13.8 Å². The number of ether oxygens (including phenoxy) is 2. The van der Waals surface area contributed by atoms with Crippen molar-refractivity contribution in [2.45, 2.75) is 31.8 Å². The van der Waals surface area contributed by atoms with Gasteiger partial charge < -0.3 is 14.6 Å². The lowest BCUT2D eigenvalue weighted by Gasteiger charge is -2.23. The zero-order valence-corrected chi connectivity index (χ0v) is 26.1. The number of nitrogens with zero attached hydrogens (tertiary/aromatic N) is 6. The number of aliphatic hydroxyl groups excluding tert-OH is 1. The van der Waals surface area contributed by atoms with Gasteiger partial charge in [0.1, 0.15) is 13.3 Å². The van der Waals surface area contributed by atoms with E-state index in [0.717, 1.165) is 23.1 Å². The zero-order chi connectivity index (χ0) is 32.3. The molecule has 0 spiro atoms. The van der Waals surface area contributed by atoms with Crippen LogP contribution >= 0.6 is 0 Å². The molecule has 0 saturated heterocycles. The van der Waals surface area contributed by atoms with E-state index in [-0.39, 0.29) is 42.0 Å². The monoisotopic (exact) mass is 624 g/mol. The van der Waals surface area contributed by atoms with Crippen molar-refractivity contribution in [1.82, 2.24) is 15.0 Å². The van der Waals surface area contributed by atoms with E-state index in [4.69, 9.17) is 34.0 Å². The second kappa shape index (κ2) is 20.6. The van der Waals surface area contributed by atoms with Gasteiger partial charge in [0.25, 0.3) is 28.0 Å². The minimum atomic E-state index is -3.51. The van der Waals surface area contributed by atoms with E-state index in [1.165, 1.54) is 66.8 Å². The maximum atomic E-state index is 11.1. The highest BCUT2D eigenvalue weighted by atomic mass is 32.2. The fourth-order valence-corrected chi connectivity index (χ4v) is 3.10. The summed E-state index contributed by atoms with van der Waals surface area (Å²) in [6, 6.07) is 6.50. The summed E-state index contributed by atoms with van der Waals surface area (Å²) in [5.74, 6) is -0.141. The van der Waals surface area contributed by atoms with Gasteiger partial charge >= 0.3 is 5.97 Å². The third-order valence-corrected chi connectivity index (χ3v) is 5.62. The van der Waals surface area contributed by atoms with E-state index in [1.807, 2.05) is 6.92 Å². The van der Waals surface area contributed by atoms with Gasteiger partial charge in [-0.1, -0.05) is 28.1 Å². The number of aromatic nitrogens is 3. The highest BCUT2D eigenvalue weighted by Gasteiger charge is 2.21. The maximum Gasteiger partial charge on any atom is 0.302 e. The first-order chi connectivity index (χ1) is 19.8. The van der Waals surface area contributed by atoms with Crippen LogP contribution in [0.1, 0.15) is 19.4 Å². The van der Waals surface area contributed by atoms with Gasteiger partial charge in [-0.15, -0.1) is 0 Å². The fraction of sp³-hybridized carbons (Fsp3) is 0.565. The number of hydrogen-bond acceptors (Lipinski definition) is 18. The Bertz CT molecular complexity index is 1100. The smallest absolute Gasteiger partial charge is 0.302 e. The molecule has 0 bridgehead atoms. The summed E-state index contributed by atoms with van der Waals surface area (Å²) in [6.45, 7) is 4.93. The minimum absolute atomic E-state index is 0.0438. The summed E-state index contributed by atoms with van der Waals surface area (Å²) >= 11 is 0. The van der Waals surface area contributed by atoms with E-state index >= 15 is 0 Å². The molecule has 1 heterocycles. The lowest BCUT2D eigenvalue weighted by atomic mass is 10.2. The number of aryl methyl sites for hydroxylation is 1. The van der Waals surface area contributed by atoms with Crippen molar-refractivity contribution in [3.05, 3.63) is 29.8 Å². The average Bonchev–Trinajstić information content (AvgIpc) is 2.97. The van der Waals surface area contributed by atoms with Crippen LogP contribution in [0, 0.1) is 6.92 Å². The Kier molecular flexibility index (Phi) is 19.0. The van der Waals surface area contributed by atoms with Gasteiger partial charge in [-0.05, 0) is 26.0 Å². The Morgan fingerprint density at radius 3 is 1.60 bits per heavy atom. The molecule has 19 heteroatoms. The van der Waals surface area contributed by atoms with Crippen LogP contribution in [0.2, 0.25) is 0 Å². The molecule has 0 saturated carbocycles. The van der Waals surface area contributed by atoms with E-state index in [1.54, 1.807) is 19.1 Å². The van der Waals surface area contributed by atoms with Crippen LogP contribution in [0.25, 0.3) is 0 Å². The number of rotatable bonds is 14. The molecule has 2 rings (SSSR count). The molecule has 0 radical (unpaired) electrons. The third-order valence-electron chi connectivity index (χ3n) is 4.34. The maximum absolute atomic E-state index is 11.1. The number of hydroxylamine groups is 1. The number of benzene rings is 1. The minimum Gasteiger partial charge on any atom is -0.463 e. The second-order valence-corrected chi connectivity index (χ2v) is 9.26. The molecule has 2 aromatic rings. The molecule has 1 aromatic carbocycles. The largest absolute Gasteiger partial charge is 0.463 e. The summed E-state index contributed by atoms with van der Waals surface area (Å²) in [7, 11) is 6.13. The molecule has 1 atom stereocenters. The summed E-state index contributed by atoms with van der Waals surface area (Å²) in [6.07, 6.45) is -0.557. The summed E-state index contributed by atoms with van der Waals surface area (Å²) in [5.41, 5.74) is 1.02. The van der Waals surface area contributed by atoms with Crippen LogP contribution in [-0.4, -0.2) is 104 Å². The fourth-order valence-electron chi connectivity index (χ4n) is 2.44. The molecule has 1 aromatic heterocycles. The molecule has 0 fully saturated rings. The molecule has 42 heavy (non-hydrogen) atoms. The van der Waals surface area contributed by atoms with Crippen molar-refractivity contribution in [2.75, 3.05) is 78.6 Å². The highest BCUT2D eigenvalue weighted by Crippen LogP contribution is 2.19. The van der Waals surface area contributed by atoms with Crippen molar-refractivity contribution in [3.63, 3.8) is 0 Å². The highest BCUT2D eigenvalue weighted by molar-refractivity contribution is 7.86. The van der Waals surface area contributed by atoms with Crippen LogP contribution in [-0.2, 0) is 52.8 Å². The molecule has 18 nitrogen and oxygen atoms in total. The Labute approximate surface area is 245 Å². The van der Waals surface area contributed by atoms with Gasteiger partial charge in [0, 0.05) is 14.0 Å². The zero-order valence-electron chi connectivity index (χ0n) is 25.3. The number of methoxy groups -OCH3 is 1. The number of carbonyl (C=O) groups is 1. The summed E-state index contributed by atoms with van der Waals surface area (Å²) in [5, 5.41) is 11.7. The number of esters is 1. The van der Waals surface area contributed by atoms with Crippen molar-refractivity contribution < 1.29 is 56.2 Å². The predicted molar refractivity (Wildman–Crippen MR) is 148 cm³/mol. The lowest BCUT2D eigenvalue weighted by molar-refractivity contribution is -0.143. The van der Waals surface area contributed by atoms with Gasteiger partial charge in [-0.25, -0.2) is 19.4 Å². The van der Waals surface area contributed by atoms with Crippen LogP contribution in [0.3, 0.4) is 0 Å². The normalized spacial score (nSPS) is 11.3. The van der Waals surface area contributed by atoms with Crippen LogP contribution in [0.5, 0.6) is 0 Å². The van der Waals surface area contributed by atoms with Crippen LogP contribution in [0.4, 0.5) is 17.8 Å². The molecule has 0 aliphatic heterocycles. The number of hydrogen-bond donors (Lipinski definition) is 1. The molecule has 0 aliphatic carbocycles. The Balaban J connectivity index is 0.000000699.